The summed E-state index contributed by atoms with van der Waals surface area (Å²) in [5, 5.41) is 12.6. The van der Waals surface area contributed by atoms with Crippen molar-refractivity contribution >= 4 is 32.6 Å². The summed E-state index contributed by atoms with van der Waals surface area (Å²) in [7, 11) is -3.40. The quantitative estimate of drug-likeness (QED) is 0.271. The number of benzene rings is 3. The van der Waals surface area contributed by atoms with Gasteiger partial charge in [0.05, 0.1) is 39.9 Å². The Kier molecular flexibility index (Phi) is 7.47. The maximum absolute atomic E-state index is 13.3. The van der Waals surface area contributed by atoms with E-state index in [2.05, 4.69) is 10.3 Å². The number of aliphatic hydroxyl groups is 1. The van der Waals surface area contributed by atoms with Crippen LogP contribution in [0.1, 0.15) is 69.5 Å². The Balaban J connectivity index is 1.41. The second-order valence-corrected chi connectivity index (χ2v) is 12.1. The fourth-order valence-electron chi connectivity index (χ4n) is 4.59. The van der Waals surface area contributed by atoms with E-state index in [0.717, 1.165) is 37.1 Å². The summed E-state index contributed by atoms with van der Waals surface area (Å²) in [6, 6.07) is 13.8. The molecular weight excluding hydrogens is 559 g/mol. The number of hydrogen-bond donors (Lipinski definition) is 2. The highest BCUT2D eigenvalue weighted by Gasteiger charge is 2.33. The highest BCUT2D eigenvalue weighted by Crippen LogP contribution is 2.39. The molecule has 0 radical (unpaired) electrons. The lowest BCUT2D eigenvalue weighted by molar-refractivity contribution is -0.137. The lowest BCUT2D eigenvalue weighted by atomic mass is 10.1. The van der Waals surface area contributed by atoms with Crippen molar-refractivity contribution in [3.05, 3.63) is 94.8 Å². The summed E-state index contributed by atoms with van der Waals surface area (Å²) in [5.74, 6) is -1.02. The maximum Gasteiger partial charge on any atom is 0.416 e. The third-order valence-electron chi connectivity index (χ3n) is 7.05. The Morgan fingerprint density at radius 1 is 1.02 bits per heavy atom. The maximum atomic E-state index is 13.3. The molecule has 2 N–H and O–H groups in total. The standard InChI is InChI=1S/C29H26F3N3O5S/c1-2-41(39,40)22-12-5-17(6-13-22)24(16-36)34-28(38)19-7-14-25-23(15-19)33-27(35(25)21-10-11-21)26(37)18-3-8-20(9-4-18)29(30,31)32/h3-9,12-15,21,24,36H,2,10-11,16H2,1H3,(H,34,38). The third-order valence-corrected chi connectivity index (χ3v) is 8.80. The number of halogens is 3. The van der Waals surface area contributed by atoms with Gasteiger partial charge in [0.15, 0.2) is 15.7 Å². The molecule has 1 saturated carbocycles. The molecule has 0 saturated heterocycles. The molecule has 1 fully saturated rings. The van der Waals surface area contributed by atoms with Crippen molar-refractivity contribution in [3.63, 3.8) is 0 Å². The van der Waals surface area contributed by atoms with Gasteiger partial charge in [-0.1, -0.05) is 31.2 Å². The van der Waals surface area contributed by atoms with E-state index < -0.39 is 45.9 Å². The van der Waals surface area contributed by atoms with Crippen LogP contribution in [-0.4, -0.2) is 47.1 Å². The van der Waals surface area contributed by atoms with E-state index in [4.69, 9.17) is 0 Å². The van der Waals surface area contributed by atoms with Crippen molar-refractivity contribution in [2.45, 2.75) is 42.9 Å². The Morgan fingerprint density at radius 2 is 1.66 bits per heavy atom. The van der Waals surface area contributed by atoms with Gasteiger partial charge in [-0.25, -0.2) is 13.4 Å². The monoisotopic (exact) mass is 585 g/mol. The SMILES string of the molecule is CCS(=O)(=O)c1ccc(C(CO)NC(=O)c2ccc3c(c2)nc(C(=O)c2ccc(C(F)(F)F)cc2)n3C2CC2)cc1. The molecule has 4 aromatic rings. The summed E-state index contributed by atoms with van der Waals surface area (Å²) in [5.41, 5.74) is 0.926. The van der Waals surface area contributed by atoms with E-state index in [9.17, 15) is 36.3 Å². The van der Waals surface area contributed by atoms with Crippen molar-refractivity contribution in [1.29, 1.82) is 0 Å². The van der Waals surface area contributed by atoms with E-state index in [1.807, 2.05) is 0 Å². The minimum atomic E-state index is -4.52. The molecule has 1 heterocycles. The zero-order chi connectivity index (χ0) is 29.5. The number of nitrogens with one attached hydrogen (secondary N) is 1. The number of sulfone groups is 1. The number of nitrogens with zero attached hydrogens (tertiary/aromatic N) is 2. The molecule has 1 amide bonds. The van der Waals surface area contributed by atoms with Crippen LogP contribution in [0.15, 0.2) is 71.6 Å². The van der Waals surface area contributed by atoms with Crippen LogP contribution in [0.3, 0.4) is 0 Å². The number of fused-ring (bicyclic) bond motifs is 1. The van der Waals surface area contributed by atoms with Crippen LogP contribution in [-0.2, 0) is 16.0 Å². The normalized spacial score (nSPS) is 14.7. The molecule has 3 aromatic carbocycles. The fraction of sp³-hybridized carbons (Fsp3) is 0.276. The first kappa shape index (κ1) is 28.5. The number of alkyl halides is 3. The summed E-state index contributed by atoms with van der Waals surface area (Å²) in [4.78, 5) is 31.0. The van der Waals surface area contributed by atoms with Gasteiger partial charge < -0.3 is 15.0 Å². The Hall–Kier alpha value is -4.03. The minimum absolute atomic E-state index is 0.0198. The first-order valence-electron chi connectivity index (χ1n) is 12.9. The van der Waals surface area contributed by atoms with E-state index in [-0.39, 0.29) is 33.6 Å². The summed E-state index contributed by atoms with van der Waals surface area (Å²) < 4.78 is 64.8. The summed E-state index contributed by atoms with van der Waals surface area (Å²) >= 11 is 0. The molecule has 0 aliphatic heterocycles. The molecule has 12 heteroatoms. The number of hydrogen-bond acceptors (Lipinski definition) is 6. The van der Waals surface area contributed by atoms with E-state index in [1.165, 1.54) is 37.3 Å². The first-order chi connectivity index (χ1) is 19.4. The molecule has 41 heavy (non-hydrogen) atoms. The Bertz CT molecular complexity index is 1730. The van der Waals surface area contributed by atoms with Crippen LogP contribution in [0.4, 0.5) is 13.2 Å². The van der Waals surface area contributed by atoms with Gasteiger partial charge in [-0.15, -0.1) is 0 Å². The molecule has 1 unspecified atom stereocenters. The van der Waals surface area contributed by atoms with Crippen LogP contribution in [0.25, 0.3) is 11.0 Å². The Morgan fingerprint density at radius 3 is 2.22 bits per heavy atom. The molecular formula is C29H26F3N3O5S. The fourth-order valence-corrected chi connectivity index (χ4v) is 5.48. The molecule has 0 bridgehead atoms. The van der Waals surface area contributed by atoms with Crippen LogP contribution in [0, 0.1) is 0 Å². The van der Waals surface area contributed by atoms with E-state index >= 15 is 0 Å². The molecule has 1 aliphatic carbocycles. The van der Waals surface area contributed by atoms with Crippen LogP contribution in [0.5, 0.6) is 0 Å². The van der Waals surface area contributed by atoms with Gasteiger partial charge in [0.2, 0.25) is 5.78 Å². The van der Waals surface area contributed by atoms with Gasteiger partial charge in [-0.3, -0.25) is 9.59 Å². The van der Waals surface area contributed by atoms with E-state index in [0.29, 0.717) is 16.6 Å². The van der Waals surface area contributed by atoms with Crippen molar-refractivity contribution in [2.75, 3.05) is 12.4 Å². The lowest BCUT2D eigenvalue weighted by Gasteiger charge is -2.17. The highest BCUT2D eigenvalue weighted by molar-refractivity contribution is 7.91. The topological polar surface area (TPSA) is 118 Å². The number of aromatic nitrogens is 2. The molecule has 5 rings (SSSR count). The minimum Gasteiger partial charge on any atom is -0.394 e. The van der Waals surface area contributed by atoms with Gasteiger partial charge in [0.1, 0.15) is 0 Å². The second kappa shape index (κ2) is 10.7. The van der Waals surface area contributed by atoms with Crippen molar-refractivity contribution in [3.8, 4) is 0 Å². The van der Waals surface area contributed by atoms with Gasteiger partial charge >= 0.3 is 6.18 Å². The number of ketones is 1. The number of aliphatic hydroxyl groups excluding tert-OH is 1. The molecule has 1 atom stereocenters. The van der Waals surface area contributed by atoms with Gasteiger partial charge in [-0.2, -0.15) is 13.2 Å². The third kappa shape index (κ3) is 5.75. The number of carbonyl (C=O) groups is 2. The van der Waals surface area contributed by atoms with Crippen LogP contribution in [0.2, 0.25) is 0 Å². The molecule has 1 aliphatic rings. The molecule has 0 spiro atoms. The number of amides is 1. The predicted molar refractivity (Wildman–Crippen MR) is 144 cm³/mol. The zero-order valence-electron chi connectivity index (χ0n) is 21.9. The van der Waals surface area contributed by atoms with Crippen molar-refractivity contribution in [1.82, 2.24) is 14.9 Å². The summed E-state index contributed by atoms with van der Waals surface area (Å²) in [6.07, 6.45) is -2.89. The highest BCUT2D eigenvalue weighted by atomic mass is 32.2. The number of imidazole rings is 1. The lowest BCUT2D eigenvalue weighted by Crippen LogP contribution is -2.30. The van der Waals surface area contributed by atoms with Crippen LogP contribution < -0.4 is 5.32 Å². The van der Waals surface area contributed by atoms with Gasteiger partial charge in [0.25, 0.3) is 5.91 Å². The molecule has 8 nitrogen and oxygen atoms in total. The van der Waals surface area contributed by atoms with Crippen molar-refractivity contribution < 1.29 is 36.3 Å². The van der Waals surface area contributed by atoms with Crippen molar-refractivity contribution in [2.24, 2.45) is 0 Å². The Labute approximate surface area is 233 Å². The largest absolute Gasteiger partial charge is 0.416 e. The first-order valence-corrected chi connectivity index (χ1v) is 14.6. The molecule has 1 aromatic heterocycles. The van der Waals surface area contributed by atoms with Gasteiger partial charge in [0, 0.05) is 17.2 Å². The van der Waals surface area contributed by atoms with Gasteiger partial charge in [-0.05, 0) is 60.9 Å². The predicted octanol–water partition coefficient (Wildman–Crippen LogP) is 4.88. The van der Waals surface area contributed by atoms with E-state index in [1.54, 1.807) is 16.7 Å². The second-order valence-electron chi connectivity index (χ2n) is 9.83. The number of rotatable bonds is 9. The van der Waals surface area contributed by atoms with Crippen LogP contribution >= 0.6 is 0 Å². The summed E-state index contributed by atoms with van der Waals surface area (Å²) in [6.45, 7) is 1.11. The molecule has 214 valence electrons. The average molecular weight is 586 g/mol. The zero-order valence-corrected chi connectivity index (χ0v) is 22.7. The number of carbonyl (C=O) groups excluding carboxylic acids is 2. The average Bonchev–Trinajstić information content (AvgIpc) is 3.74. The smallest absolute Gasteiger partial charge is 0.394 e.